The summed E-state index contributed by atoms with van der Waals surface area (Å²) in [5.41, 5.74) is 4.64. The van der Waals surface area contributed by atoms with Crippen molar-refractivity contribution in [1.29, 1.82) is 0 Å². The molecule has 0 saturated heterocycles. The molecule has 0 atom stereocenters. The van der Waals surface area contributed by atoms with Gasteiger partial charge >= 0.3 is 0 Å². The zero-order chi connectivity index (χ0) is 21.6. The van der Waals surface area contributed by atoms with E-state index in [0.717, 1.165) is 11.8 Å². The van der Waals surface area contributed by atoms with Gasteiger partial charge in [0.05, 0.1) is 24.7 Å². The number of hydrogen-bond donors (Lipinski definition) is 1. The minimum absolute atomic E-state index is 0.188. The molecule has 3 aromatic carbocycles. The Balaban J connectivity index is 1.70. The molecule has 1 N–H and O–H groups in total. The molecule has 0 unspecified atom stereocenters. The zero-order valence-electron chi connectivity index (χ0n) is 16.2. The number of carbonyl (C=O) groups excluding carboxylic acids is 1. The molecule has 0 radical (unpaired) electrons. The summed E-state index contributed by atoms with van der Waals surface area (Å²) in [6.07, 6.45) is 2.54. The largest absolute Gasteiger partial charge is 0.271 e. The van der Waals surface area contributed by atoms with Gasteiger partial charge in [-0.3, -0.25) is 9.10 Å². The molecular formula is C22H20FN3O3S. The summed E-state index contributed by atoms with van der Waals surface area (Å²) >= 11 is 0. The highest BCUT2D eigenvalue weighted by Crippen LogP contribution is 2.21. The van der Waals surface area contributed by atoms with Crippen LogP contribution in [0.3, 0.4) is 0 Å². The maximum Gasteiger partial charge on any atom is 0.271 e. The van der Waals surface area contributed by atoms with Crippen LogP contribution in [-0.4, -0.2) is 26.8 Å². The molecule has 0 aromatic heterocycles. The molecule has 154 valence electrons. The van der Waals surface area contributed by atoms with Crippen LogP contribution in [0.4, 0.5) is 10.1 Å². The molecule has 0 fully saturated rings. The minimum atomic E-state index is -3.51. The SMILES string of the molecule is CS(=O)(=O)N(Cc1ccccc1)c1ccc(C(=O)NN=Cc2ccc(F)cc2)cc1. The van der Waals surface area contributed by atoms with Crippen molar-refractivity contribution in [1.82, 2.24) is 5.43 Å². The number of sulfonamides is 1. The fourth-order valence-corrected chi connectivity index (χ4v) is 3.60. The fourth-order valence-electron chi connectivity index (χ4n) is 2.71. The summed E-state index contributed by atoms with van der Waals surface area (Å²) in [7, 11) is -3.51. The van der Waals surface area contributed by atoms with E-state index in [1.54, 1.807) is 12.1 Å². The smallest absolute Gasteiger partial charge is 0.267 e. The Bertz CT molecular complexity index is 1130. The van der Waals surface area contributed by atoms with E-state index in [0.29, 0.717) is 16.8 Å². The van der Waals surface area contributed by atoms with Crippen molar-refractivity contribution in [3.63, 3.8) is 0 Å². The van der Waals surface area contributed by atoms with Gasteiger partial charge in [0.15, 0.2) is 0 Å². The van der Waals surface area contributed by atoms with E-state index in [2.05, 4.69) is 10.5 Å². The number of nitrogens with zero attached hydrogens (tertiary/aromatic N) is 2. The molecular weight excluding hydrogens is 405 g/mol. The highest BCUT2D eigenvalue weighted by Gasteiger charge is 2.18. The third-order valence-corrected chi connectivity index (χ3v) is 5.38. The molecule has 0 aliphatic heterocycles. The molecule has 1 amide bonds. The molecule has 3 rings (SSSR count). The van der Waals surface area contributed by atoms with Crippen molar-refractivity contribution >= 4 is 27.8 Å². The maximum absolute atomic E-state index is 12.9. The predicted molar refractivity (Wildman–Crippen MR) is 115 cm³/mol. The Morgan fingerprint density at radius 1 is 1.00 bits per heavy atom. The van der Waals surface area contributed by atoms with Crippen molar-refractivity contribution in [2.45, 2.75) is 6.54 Å². The van der Waals surface area contributed by atoms with E-state index in [4.69, 9.17) is 0 Å². The molecule has 0 bridgehead atoms. The number of hydrogen-bond acceptors (Lipinski definition) is 4. The number of carbonyl (C=O) groups is 1. The van der Waals surface area contributed by atoms with Gasteiger partial charge in [0.25, 0.3) is 5.91 Å². The first-order chi connectivity index (χ1) is 14.3. The second kappa shape index (κ2) is 9.32. The molecule has 0 saturated carbocycles. The molecule has 0 aliphatic carbocycles. The lowest BCUT2D eigenvalue weighted by molar-refractivity contribution is 0.0955. The average molecular weight is 425 g/mol. The highest BCUT2D eigenvalue weighted by atomic mass is 32.2. The van der Waals surface area contributed by atoms with Crippen molar-refractivity contribution in [3.8, 4) is 0 Å². The maximum atomic E-state index is 12.9. The zero-order valence-corrected chi connectivity index (χ0v) is 17.0. The third kappa shape index (κ3) is 5.74. The van der Waals surface area contributed by atoms with Crippen molar-refractivity contribution in [2.75, 3.05) is 10.6 Å². The number of rotatable bonds is 7. The van der Waals surface area contributed by atoms with E-state index >= 15 is 0 Å². The second-order valence-corrected chi connectivity index (χ2v) is 8.46. The number of benzene rings is 3. The van der Waals surface area contributed by atoms with Gasteiger partial charge in [-0.15, -0.1) is 0 Å². The van der Waals surface area contributed by atoms with E-state index in [9.17, 15) is 17.6 Å². The van der Waals surface area contributed by atoms with Gasteiger partial charge in [-0.2, -0.15) is 5.10 Å². The Labute approximate surface area is 174 Å². The summed E-state index contributed by atoms with van der Waals surface area (Å²) in [6.45, 7) is 0.188. The molecule has 0 spiro atoms. The predicted octanol–water partition coefficient (Wildman–Crippen LogP) is 3.56. The van der Waals surface area contributed by atoms with E-state index < -0.39 is 15.9 Å². The lowest BCUT2D eigenvalue weighted by Gasteiger charge is -2.22. The van der Waals surface area contributed by atoms with E-state index in [1.807, 2.05) is 30.3 Å². The highest BCUT2D eigenvalue weighted by molar-refractivity contribution is 7.92. The Kier molecular flexibility index (Phi) is 6.58. The topological polar surface area (TPSA) is 78.8 Å². The fraction of sp³-hybridized carbons (Fsp3) is 0.0909. The van der Waals surface area contributed by atoms with Gasteiger partial charge in [0.1, 0.15) is 5.82 Å². The van der Waals surface area contributed by atoms with Gasteiger partial charge in [-0.25, -0.2) is 18.2 Å². The van der Waals surface area contributed by atoms with Gasteiger partial charge in [0.2, 0.25) is 10.0 Å². The molecule has 3 aromatic rings. The number of anilines is 1. The number of halogens is 1. The summed E-state index contributed by atoms with van der Waals surface area (Å²) in [6, 6.07) is 21.1. The monoisotopic (exact) mass is 425 g/mol. The molecule has 0 aliphatic rings. The van der Waals surface area contributed by atoms with Crippen LogP contribution in [0.1, 0.15) is 21.5 Å². The number of nitrogens with one attached hydrogen (secondary N) is 1. The molecule has 8 heteroatoms. The van der Waals surface area contributed by atoms with Crippen LogP contribution in [0, 0.1) is 5.82 Å². The van der Waals surface area contributed by atoms with Crippen LogP contribution in [0.15, 0.2) is 84.0 Å². The van der Waals surface area contributed by atoms with Gasteiger partial charge < -0.3 is 0 Å². The van der Waals surface area contributed by atoms with Crippen LogP contribution in [0.25, 0.3) is 0 Å². The van der Waals surface area contributed by atoms with Crippen LogP contribution in [0.2, 0.25) is 0 Å². The first-order valence-electron chi connectivity index (χ1n) is 9.03. The van der Waals surface area contributed by atoms with E-state index in [1.165, 1.54) is 46.9 Å². The summed E-state index contributed by atoms with van der Waals surface area (Å²) < 4.78 is 38.7. The summed E-state index contributed by atoms with van der Waals surface area (Å²) in [4.78, 5) is 12.2. The standard InChI is InChI=1S/C22H20FN3O3S/c1-30(28,29)26(16-18-5-3-2-4-6-18)21-13-9-19(10-14-21)22(27)25-24-15-17-7-11-20(23)12-8-17/h2-15H,16H2,1H3,(H,25,27). The van der Waals surface area contributed by atoms with Gasteiger partial charge in [-0.05, 0) is 47.5 Å². The molecule has 0 heterocycles. The Hall–Kier alpha value is -3.52. The van der Waals surface area contributed by atoms with Crippen LogP contribution in [0.5, 0.6) is 0 Å². The second-order valence-electron chi connectivity index (χ2n) is 6.55. The lowest BCUT2D eigenvalue weighted by atomic mass is 10.2. The first kappa shape index (κ1) is 21.2. The van der Waals surface area contributed by atoms with Crippen LogP contribution < -0.4 is 9.73 Å². The Morgan fingerprint density at radius 2 is 1.63 bits per heavy atom. The average Bonchev–Trinajstić information content (AvgIpc) is 2.73. The first-order valence-corrected chi connectivity index (χ1v) is 10.9. The summed E-state index contributed by atoms with van der Waals surface area (Å²) in [5, 5.41) is 3.85. The van der Waals surface area contributed by atoms with Gasteiger partial charge in [0, 0.05) is 5.56 Å². The lowest BCUT2D eigenvalue weighted by Crippen LogP contribution is -2.29. The Morgan fingerprint density at radius 3 is 2.23 bits per heavy atom. The number of hydrazone groups is 1. The molecule has 6 nitrogen and oxygen atoms in total. The van der Waals surface area contributed by atoms with Crippen molar-refractivity contribution in [3.05, 3.63) is 101 Å². The summed E-state index contributed by atoms with van der Waals surface area (Å²) in [5.74, 6) is -0.805. The molecule has 30 heavy (non-hydrogen) atoms. The normalized spacial score (nSPS) is 11.4. The van der Waals surface area contributed by atoms with Crippen molar-refractivity contribution < 1.29 is 17.6 Å². The quantitative estimate of drug-likeness (QED) is 0.464. The third-order valence-electron chi connectivity index (χ3n) is 4.24. The van der Waals surface area contributed by atoms with Crippen LogP contribution >= 0.6 is 0 Å². The number of amides is 1. The van der Waals surface area contributed by atoms with Gasteiger partial charge in [-0.1, -0.05) is 42.5 Å². The van der Waals surface area contributed by atoms with Crippen LogP contribution in [-0.2, 0) is 16.6 Å². The van der Waals surface area contributed by atoms with Crippen molar-refractivity contribution in [2.24, 2.45) is 5.10 Å². The van der Waals surface area contributed by atoms with E-state index in [-0.39, 0.29) is 12.4 Å². The minimum Gasteiger partial charge on any atom is -0.267 e.